The van der Waals surface area contributed by atoms with Gasteiger partial charge in [-0.15, -0.1) is 0 Å². The summed E-state index contributed by atoms with van der Waals surface area (Å²) in [6.45, 7) is 0. The normalized spacial score (nSPS) is 24.0. The summed E-state index contributed by atoms with van der Waals surface area (Å²) in [4.78, 5) is 1.36. The zero-order valence-corrected chi connectivity index (χ0v) is 5.42. The van der Waals surface area contributed by atoms with Crippen molar-refractivity contribution in [3.8, 4) is 6.19 Å². The molecule has 2 nitrogen and oxygen atoms in total. The summed E-state index contributed by atoms with van der Waals surface area (Å²) in [6, 6.07) is 0. The molecule has 0 amide bonds. The molecule has 0 saturated carbocycles. The maximum absolute atomic E-state index is 8.37. The molecule has 1 rings (SSSR count). The van der Waals surface area contributed by atoms with Crippen LogP contribution in [0, 0.1) is 11.5 Å². The first kappa shape index (κ1) is 6.18. The van der Waals surface area contributed by atoms with Gasteiger partial charge in [-0.1, -0.05) is 17.7 Å². The number of alkyl halides is 1. The van der Waals surface area contributed by atoms with Gasteiger partial charge >= 0.3 is 0 Å². The van der Waals surface area contributed by atoms with Gasteiger partial charge in [0.2, 0.25) is 0 Å². The predicted molar refractivity (Wildman–Crippen MR) is 35.4 cm³/mol. The average Bonchev–Trinajstić information content (AvgIpc) is 1.89. The Labute approximate surface area is 58.6 Å². The molecule has 0 aliphatic carbocycles. The van der Waals surface area contributed by atoms with E-state index in [1.807, 2.05) is 12.3 Å². The second-order valence-corrected chi connectivity index (χ2v) is 2.05. The van der Waals surface area contributed by atoms with Crippen LogP contribution in [-0.4, -0.2) is 10.4 Å². The summed E-state index contributed by atoms with van der Waals surface area (Å²) in [5.41, 5.74) is -0.306. The molecule has 9 heavy (non-hydrogen) atoms. The lowest BCUT2D eigenvalue weighted by Gasteiger charge is -2.15. The van der Waals surface area contributed by atoms with Crippen molar-refractivity contribution < 1.29 is 0 Å². The van der Waals surface area contributed by atoms with Gasteiger partial charge in [0, 0.05) is 6.20 Å². The summed E-state index contributed by atoms with van der Waals surface area (Å²) >= 11 is 5.65. The lowest BCUT2D eigenvalue weighted by atomic mass is 10.4. The van der Waals surface area contributed by atoms with Crippen LogP contribution < -0.4 is 0 Å². The van der Waals surface area contributed by atoms with Crippen LogP contribution in [0.25, 0.3) is 0 Å². The third-order valence-electron chi connectivity index (χ3n) is 1.01. The summed E-state index contributed by atoms with van der Waals surface area (Å²) in [5.74, 6) is 0. The largest absolute Gasteiger partial charge is 0.265 e. The van der Waals surface area contributed by atoms with Gasteiger partial charge in [0.05, 0.1) is 0 Å². The van der Waals surface area contributed by atoms with E-state index in [2.05, 4.69) is 0 Å². The fourth-order valence-electron chi connectivity index (χ4n) is 0.562. The van der Waals surface area contributed by atoms with Crippen molar-refractivity contribution >= 4 is 11.6 Å². The molecule has 1 atom stereocenters. The summed E-state index contributed by atoms with van der Waals surface area (Å²) in [5, 5.41) is 8.37. The Balaban J connectivity index is 2.68. The summed E-state index contributed by atoms with van der Waals surface area (Å²) in [6.07, 6.45) is 8.87. The zero-order chi connectivity index (χ0) is 6.69. The van der Waals surface area contributed by atoms with Gasteiger partial charge in [-0.3, -0.25) is 4.90 Å². The Bertz CT molecular complexity index is 190. The fraction of sp³-hybridized carbons (Fsp3) is 0.167. The van der Waals surface area contributed by atoms with Crippen molar-refractivity contribution in [1.82, 2.24) is 4.90 Å². The minimum atomic E-state index is -0.306. The number of nitriles is 1. The average molecular weight is 141 g/mol. The molecule has 0 aromatic rings. The van der Waals surface area contributed by atoms with E-state index in [4.69, 9.17) is 16.9 Å². The van der Waals surface area contributed by atoms with Crippen molar-refractivity contribution in [2.75, 3.05) is 0 Å². The lowest BCUT2D eigenvalue weighted by Crippen LogP contribution is -2.19. The number of halogens is 1. The van der Waals surface area contributed by atoms with E-state index in [9.17, 15) is 0 Å². The summed E-state index contributed by atoms with van der Waals surface area (Å²) in [7, 11) is 0. The van der Waals surface area contributed by atoms with E-state index in [-0.39, 0.29) is 5.50 Å². The van der Waals surface area contributed by atoms with E-state index in [1.54, 1.807) is 18.4 Å². The molecular weight excluding hydrogens is 136 g/mol. The second kappa shape index (κ2) is 2.56. The highest BCUT2D eigenvalue weighted by Crippen LogP contribution is 2.09. The molecule has 0 radical (unpaired) electrons. The van der Waals surface area contributed by atoms with Crippen LogP contribution in [0.1, 0.15) is 0 Å². The van der Waals surface area contributed by atoms with Crippen molar-refractivity contribution in [3.63, 3.8) is 0 Å². The van der Waals surface area contributed by atoms with E-state index < -0.39 is 0 Å². The molecule has 46 valence electrons. The number of allylic oxidation sites excluding steroid dienone is 2. The maximum Gasteiger partial charge on any atom is 0.185 e. The number of hydrogen-bond donors (Lipinski definition) is 0. The molecule has 1 aliphatic heterocycles. The van der Waals surface area contributed by atoms with Crippen LogP contribution in [0.2, 0.25) is 0 Å². The summed E-state index contributed by atoms with van der Waals surface area (Å²) < 4.78 is 0. The van der Waals surface area contributed by atoms with Crippen LogP contribution in [0.3, 0.4) is 0 Å². The van der Waals surface area contributed by atoms with Gasteiger partial charge in [0.1, 0.15) is 5.50 Å². The Hall–Kier alpha value is -0.940. The molecule has 0 aromatic heterocycles. The van der Waals surface area contributed by atoms with Crippen LogP contribution in [-0.2, 0) is 0 Å². The molecule has 0 spiro atoms. The highest BCUT2D eigenvalue weighted by molar-refractivity contribution is 6.21. The first-order chi connectivity index (χ1) is 4.34. The predicted octanol–water partition coefficient (Wildman–Crippen LogP) is 1.42. The number of rotatable bonds is 0. The Morgan fingerprint density at radius 1 is 1.56 bits per heavy atom. The standard InChI is InChI=1S/C6H5ClN2/c7-6-3-1-2-4-9(6)5-8/h1-4,6H. The molecular formula is C6H5ClN2. The minimum absolute atomic E-state index is 0.306. The van der Waals surface area contributed by atoms with Crippen molar-refractivity contribution in [3.05, 3.63) is 24.4 Å². The van der Waals surface area contributed by atoms with E-state index in [0.717, 1.165) is 0 Å². The van der Waals surface area contributed by atoms with Gasteiger partial charge in [0.15, 0.2) is 6.19 Å². The molecule has 0 bridgehead atoms. The molecule has 0 aromatic carbocycles. The van der Waals surface area contributed by atoms with Gasteiger partial charge in [0.25, 0.3) is 0 Å². The van der Waals surface area contributed by atoms with Crippen LogP contribution in [0.5, 0.6) is 0 Å². The minimum Gasteiger partial charge on any atom is -0.265 e. The topological polar surface area (TPSA) is 27.0 Å². The number of nitrogens with zero attached hydrogens (tertiary/aromatic N) is 2. The maximum atomic E-state index is 8.37. The smallest absolute Gasteiger partial charge is 0.185 e. The molecule has 1 aliphatic rings. The SMILES string of the molecule is N#CN1C=CC=CC1Cl. The first-order valence-corrected chi connectivity index (χ1v) is 2.95. The van der Waals surface area contributed by atoms with Crippen molar-refractivity contribution in [2.24, 2.45) is 0 Å². The Morgan fingerprint density at radius 2 is 2.33 bits per heavy atom. The zero-order valence-electron chi connectivity index (χ0n) is 4.66. The fourth-order valence-corrected chi connectivity index (χ4v) is 0.754. The van der Waals surface area contributed by atoms with Gasteiger partial charge in [-0.05, 0) is 12.2 Å². The van der Waals surface area contributed by atoms with Crippen LogP contribution in [0.15, 0.2) is 24.4 Å². The van der Waals surface area contributed by atoms with Gasteiger partial charge in [-0.2, -0.15) is 5.26 Å². The van der Waals surface area contributed by atoms with Gasteiger partial charge < -0.3 is 0 Å². The van der Waals surface area contributed by atoms with Crippen molar-refractivity contribution in [2.45, 2.75) is 5.50 Å². The van der Waals surface area contributed by atoms with Crippen LogP contribution >= 0.6 is 11.6 Å². The molecule has 0 saturated heterocycles. The number of hydrogen-bond acceptors (Lipinski definition) is 2. The van der Waals surface area contributed by atoms with E-state index in [1.165, 1.54) is 4.90 Å². The molecule has 0 fully saturated rings. The van der Waals surface area contributed by atoms with Gasteiger partial charge in [-0.25, -0.2) is 0 Å². The molecule has 1 unspecified atom stereocenters. The monoisotopic (exact) mass is 140 g/mol. The third-order valence-corrected chi connectivity index (χ3v) is 1.36. The lowest BCUT2D eigenvalue weighted by molar-refractivity contribution is 0.538. The molecule has 0 N–H and O–H groups in total. The molecule has 3 heteroatoms. The third kappa shape index (κ3) is 1.24. The van der Waals surface area contributed by atoms with E-state index >= 15 is 0 Å². The highest BCUT2D eigenvalue weighted by Gasteiger charge is 2.08. The Kier molecular flexibility index (Phi) is 1.76. The molecule has 1 heterocycles. The Morgan fingerprint density at radius 3 is 2.78 bits per heavy atom. The van der Waals surface area contributed by atoms with Crippen LogP contribution in [0.4, 0.5) is 0 Å². The van der Waals surface area contributed by atoms with E-state index in [0.29, 0.717) is 0 Å². The quantitative estimate of drug-likeness (QED) is 0.289. The second-order valence-electron chi connectivity index (χ2n) is 1.61. The highest BCUT2D eigenvalue weighted by atomic mass is 35.5. The van der Waals surface area contributed by atoms with Crippen molar-refractivity contribution in [1.29, 1.82) is 5.26 Å². The first-order valence-electron chi connectivity index (χ1n) is 2.52.